The second kappa shape index (κ2) is 6.02. The van der Waals surface area contributed by atoms with Crippen LogP contribution in [0.2, 0.25) is 0 Å². The van der Waals surface area contributed by atoms with E-state index in [4.69, 9.17) is 0 Å². The summed E-state index contributed by atoms with van der Waals surface area (Å²) in [5, 5.41) is 2.96. The summed E-state index contributed by atoms with van der Waals surface area (Å²) < 4.78 is 0. The van der Waals surface area contributed by atoms with Gasteiger partial charge in [0.1, 0.15) is 0 Å². The van der Waals surface area contributed by atoms with Crippen LogP contribution in [0.4, 0.5) is 10.5 Å². The minimum atomic E-state index is -0.418. The van der Waals surface area contributed by atoms with Crippen molar-refractivity contribution in [3.8, 4) is 0 Å². The summed E-state index contributed by atoms with van der Waals surface area (Å²) in [6.07, 6.45) is 0. The van der Waals surface area contributed by atoms with E-state index < -0.39 is 6.04 Å². The first-order valence-corrected chi connectivity index (χ1v) is 8.68. The number of nitrogens with one attached hydrogen (secondary N) is 1. The quantitative estimate of drug-likeness (QED) is 0.906. The molecule has 5 heteroatoms. The Morgan fingerprint density at radius 3 is 2.42 bits per heavy atom. The Balaban J connectivity index is 1.76. The summed E-state index contributed by atoms with van der Waals surface area (Å²) in [5.41, 5.74) is 5.52. The van der Waals surface area contributed by atoms with Crippen LogP contribution in [0, 0.1) is 13.8 Å². The molecule has 5 nitrogen and oxygen atoms in total. The van der Waals surface area contributed by atoms with E-state index in [1.807, 2.05) is 55.5 Å². The Morgan fingerprint density at radius 1 is 1.00 bits per heavy atom. The molecule has 0 unspecified atom stereocenters. The van der Waals surface area contributed by atoms with Crippen LogP contribution in [0.15, 0.2) is 59.8 Å². The average molecular weight is 347 g/mol. The van der Waals surface area contributed by atoms with Gasteiger partial charge in [-0.25, -0.2) is 4.79 Å². The van der Waals surface area contributed by atoms with Crippen molar-refractivity contribution in [3.05, 3.63) is 76.5 Å². The third kappa shape index (κ3) is 2.47. The fourth-order valence-electron chi connectivity index (χ4n) is 3.56. The minimum absolute atomic E-state index is 0.0519. The van der Waals surface area contributed by atoms with Crippen LogP contribution in [-0.4, -0.2) is 30.4 Å². The molecule has 2 aromatic carbocycles. The van der Waals surface area contributed by atoms with Crippen LogP contribution >= 0.6 is 0 Å². The molecular formula is C21H21N3O2. The number of hydrogen-bond acceptors (Lipinski definition) is 2. The molecule has 0 saturated heterocycles. The lowest BCUT2D eigenvalue weighted by Gasteiger charge is -2.31. The molecule has 132 valence electrons. The molecule has 2 aliphatic heterocycles. The van der Waals surface area contributed by atoms with Gasteiger partial charge in [0.15, 0.2) is 0 Å². The van der Waals surface area contributed by atoms with Crippen LogP contribution in [0.5, 0.6) is 0 Å². The first-order valence-electron chi connectivity index (χ1n) is 8.68. The van der Waals surface area contributed by atoms with E-state index in [-0.39, 0.29) is 11.9 Å². The molecule has 2 aliphatic rings. The molecular weight excluding hydrogens is 326 g/mol. The van der Waals surface area contributed by atoms with E-state index in [2.05, 4.69) is 12.2 Å². The van der Waals surface area contributed by atoms with Crippen molar-refractivity contribution in [1.82, 2.24) is 10.2 Å². The van der Waals surface area contributed by atoms with Gasteiger partial charge in [0, 0.05) is 12.7 Å². The highest BCUT2D eigenvalue weighted by Crippen LogP contribution is 2.37. The third-order valence-electron chi connectivity index (χ3n) is 5.30. The molecule has 26 heavy (non-hydrogen) atoms. The number of carbonyl (C=O) groups excluding carboxylic acids is 2. The van der Waals surface area contributed by atoms with Gasteiger partial charge in [0.05, 0.1) is 23.9 Å². The Kier molecular flexibility index (Phi) is 3.80. The molecule has 1 N–H and O–H groups in total. The van der Waals surface area contributed by atoms with Crippen LogP contribution in [0.3, 0.4) is 0 Å². The lowest BCUT2D eigenvalue weighted by molar-refractivity contribution is -0.114. The van der Waals surface area contributed by atoms with Crippen molar-refractivity contribution in [1.29, 1.82) is 0 Å². The second-order valence-electron chi connectivity index (χ2n) is 6.87. The summed E-state index contributed by atoms with van der Waals surface area (Å²) in [7, 11) is 1.71. The van der Waals surface area contributed by atoms with Crippen LogP contribution < -0.4 is 10.2 Å². The van der Waals surface area contributed by atoms with Gasteiger partial charge in [-0.15, -0.1) is 0 Å². The Morgan fingerprint density at radius 2 is 1.73 bits per heavy atom. The molecule has 3 amide bonds. The molecule has 2 heterocycles. The number of amides is 3. The van der Waals surface area contributed by atoms with Crippen LogP contribution in [0.1, 0.15) is 22.7 Å². The SMILES string of the molecule is Cc1ccc(N2CC3=C(C2=O)[C@H](c2ccccc2)NC(=O)N3C)cc1C. The second-order valence-corrected chi connectivity index (χ2v) is 6.87. The van der Waals surface area contributed by atoms with Crippen molar-refractivity contribution in [3.63, 3.8) is 0 Å². The molecule has 0 spiro atoms. The van der Waals surface area contributed by atoms with E-state index in [9.17, 15) is 9.59 Å². The topological polar surface area (TPSA) is 52.7 Å². The van der Waals surface area contributed by atoms with Crippen molar-refractivity contribution in [2.24, 2.45) is 0 Å². The summed E-state index contributed by atoms with van der Waals surface area (Å²) in [6.45, 7) is 4.50. The summed E-state index contributed by atoms with van der Waals surface area (Å²) >= 11 is 0. The van der Waals surface area contributed by atoms with Crippen molar-refractivity contribution < 1.29 is 9.59 Å². The minimum Gasteiger partial charge on any atom is -0.327 e. The van der Waals surface area contributed by atoms with Gasteiger partial charge in [-0.05, 0) is 42.7 Å². The van der Waals surface area contributed by atoms with Crippen LogP contribution in [0.25, 0.3) is 0 Å². The van der Waals surface area contributed by atoms with E-state index in [1.54, 1.807) is 16.8 Å². The maximum atomic E-state index is 13.3. The molecule has 2 aromatic rings. The third-order valence-corrected chi connectivity index (χ3v) is 5.30. The first-order chi connectivity index (χ1) is 12.5. The molecule has 0 aromatic heterocycles. The zero-order valence-electron chi connectivity index (χ0n) is 15.1. The standard InChI is InChI=1S/C21H21N3O2/c1-13-9-10-16(11-14(13)2)24-12-17-18(20(24)25)19(22-21(26)23(17)3)15-7-5-4-6-8-15/h4-11,19H,12H2,1-3H3,(H,22,26)/t19-/m0/s1. The van der Waals surface area contributed by atoms with Crippen molar-refractivity contribution >= 4 is 17.6 Å². The largest absolute Gasteiger partial charge is 0.327 e. The summed E-state index contributed by atoms with van der Waals surface area (Å²) in [4.78, 5) is 29.0. The molecule has 4 rings (SSSR count). The Labute approximate surface area is 152 Å². The van der Waals surface area contributed by atoms with E-state index >= 15 is 0 Å². The van der Waals surface area contributed by atoms with Gasteiger partial charge in [-0.1, -0.05) is 36.4 Å². The van der Waals surface area contributed by atoms with Gasteiger partial charge in [-0.2, -0.15) is 0 Å². The number of hydrogen-bond donors (Lipinski definition) is 1. The predicted octanol–water partition coefficient (Wildman–Crippen LogP) is 3.30. The predicted molar refractivity (Wildman–Crippen MR) is 101 cm³/mol. The van der Waals surface area contributed by atoms with Gasteiger partial charge < -0.3 is 10.2 Å². The summed E-state index contributed by atoms with van der Waals surface area (Å²) in [5.74, 6) is -0.0519. The molecule has 0 fully saturated rings. The molecule has 0 radical (unpaired) electrons. The number of aryl methyl sites for hydroxylation is 2. The maximum Gasteiger partial charge on any atom is 0.322 e. The van der Waals surface area contributed by atoms with Crippen LogP contribution in [-0.2, 0) is 4.79 Å². The number of benzene rings is 2. The molecule has 0 saturated carbocycles. The number of urea groups is 1. The fraction of sp³-hybridized carbons (Fsp3) is 0.238. The Bertz CT molecular complexity index is 934. The number of nitrogens with zero attached hydrogens (tertiary/aromatic N) is 2. The van der Waals surface area contributed by atoms with Gasteiger partial charge in [-0.3, -0.25) is 9.69 Å². The first kappa shape index (κ1) is 16.4. The maximum absolute atomic E-state index is 13.3. The fourth-order valence-corrected chi connectivity index (χ4v) is 3.56. The van der Waals surface area contributed by atoms with Crippen molar-refractivity contribution in [2.75, 3.05) is 18.5 Å². The smallest absolute Gasteiger partial charge is 0.322 e. The van der Waals surface area contributed by atoms with E-state index in [0.29, 0.717) is 12.1 Å². The van der Waals surface area contributed by atoms with Gasteiger partial charge in [0.2, 0.25) is 0 Å². The highest BCUT2D eigenvalue weighted by atomic mass is 16.2. The average Bonchev–Trinajstić information content (AvgIpc) is 2.99. The molecule has 0 bridgehead atoms. The Hall–Kier alpha value is -3.08. The normalized spacial score (nSPS) is 19.7. The highest BCUT2D eigenvalue weighted by Gasteiger charge is 2.43. The van der Waals surface area contributed by atoms with Gasteiger partial charge in [0.25, 0.3) is 5.91 Å². The summed E-state index contributed by atoms with van der Waals surface area (Å²) in [6, 6.07) is 15.0. The lowest BCUT2D eigenvalue weighted by Crippen LogP contribution is -2.45. The van der Waals surface area contributed by atoms with E-state index in [1.165, 1.54) is 5.56 Å². The number of anilines is 1. The zero-order chi connectivity index (χ0) is 18.4. The molecule has 1 atom stereocenters. The highest BCUT2D eigenvalue weighted by molar-refractivity contribution is 6.11. The van der Waals surface area contributed by atoms with E-state index in [0.717, 1.165) is 22.5 Å². The number of likely N-dealkylation sites (N-methyl/N-ethyl adjacent to an activating group) is 1. The lowest BCUT2D eigenvalue weighted by atomic mass is 9.96. The van der Waals surface area contributed by atoms with Crippen molar-refractivity contribution in [2.45, 2.75) is 19.9 Å². The number of carbonyl (C=O) groups is 2. The molecule has 0 aliphatic carbocycles. The monoisotopic (exact) mass is 347 g/mol. The van der Waals surface area contributed by atoms with Gasteiger partial charge >= 0.3 is 6.03 Å². The number of rotatable bonds is 2. The zero-order valence-corrected chi connectivity index (χ0v) is 15.1.